The summed E-state index contributed by atoms with van der Waals surface area (Å²) in [5, 5.41) is 7.29. The molecule has 6 heteroatoms. The first-order chi connectivity index (χ1) is 35.2. The van der Waals surface area contributed by atoms with Crippen molar-refractivity contribution in [2.75, 3.05) is 0 Å². The summed E-state index contributed by atoms with van der Waals surface area (Å²) in [5.41, 5.74) is 17.6. The number of benzene rings is 9. The van der Waals surface area contributed by atoms with Crippen LogP contribution in [-0.4, -0.2) is 23.7 Å². The average Bonchev–Trinajstić information content (AvgIpc) is 4.15. The molecule has 14 aromatic rings. The van der Waals surface area contributed by atoms with Crippen LogP contribution in [-0.2, 0) is 5.41 Å². The van der Waals surface area contributed by atoms with Crippen LogP contribution in [0.15, 0.2) is 237 Å². The minimum absolute atomic E-state index is 0.775. The van der Waals surface area contributed by atoms with Crippen LogP contribution in [0.2, 0.25) is 0 Å². The molecular weight excluding hydrogens is 867 g/mol. The molecule has 6 nitrogen and oxygen atoms in total. The monoisotopic (exact) mass is 905 g/mol. The van der Waals surface area contributed by atoms with Crippen molar-refractivity contribution in [2.45, 2.75) is 5.41 Å². The number of pyridine rings is 2. The quantitative estimate of drug-likeness (QED) is 0.177. The Morgan fingerprint density at radius 1 is 0.296 bits per heavy atom. The second-order valence-corrected chi connectivity index (χ2v) is 18.9. The Labute approximate surface area is 407 Å². The summed E-state index contributed by atoms with van der Waals surface area (Å²) in [6, 6.07) is 81.1. The number of para-hydroxylation sites is 7. The van der Waals surface area contributed by atoms with E-state index in [9.17, 15) is 0 Å². The van der Waals surface area contributed by atoms with Crippen LogP contribution in [0.4, 0.5) is 0 Å². The van der Waals surface area contributed by atoms with Crippen molar-refractivity contribution in [1.29, 1.82) is 0 Å². The fraction of sp³-hybridized carbons (Fsp3) is 0.0154. The first-order valence-electron chi connectivity index (χ1n) is 24.2. The molecule has 0 unspecified atom stereocenters. The Kier molecular flexibility index (Phi) is 7.72. The molecule has 0 radical (unpaired) electrons. The van der Waals surface area contributed by atoms with Gasteiger partial charge in [-0.25, -0.2) is 0 Å². The predicted molar refractivity (Wildman–Crippen MR) is 288 cm³/mol. The maximum Gasteiger partial charge on any atom is 0.132 e. The molecule has 6 heterocycles. The Bertz CT molecular complexity index is 4440. The number of hydrogen-bond donors (Lipinski definition) is 0. The van der Waals surface area contributed by atoms with Crippen molar-refractivity contribution >= 4 is 65.4 Å². The van der Waals surface area contributed by atoms with Gasteiger partial charge in [-0.2, -0.15) is 0 Å². The van der Waals surface area contributed by atoms with E-state index in [4.69, 9.17) is 14.7 Å². The SMILES string of the molecule is c1cc(-n2c3ccccc3c3ccccc32)cc(-n2c3ccccc3c3cc(-c4cnc5c(c4)C4(c6ccccc6Oc6ccccc64)c4cc(-n6c7ccccc7c7ccccc76)cnc4-5)ccc32)c1. The molecule has 0 saturated carbocycles. The molecule has 0 amide bonds. The smallest absolute Gasteiger partial charge is 0.132 e. The molecule has 0 fully saturated rings. The molecule has 1 aliphatic carbocycles. The van der Waals surface area contributed by atoms with E-state index in [1.807, 2.05) is 12.4 Å². The first-order valence-corrected chi connectivity index (χ1v) is 24.2. The molecule has 1 aliphatic heterocycles. The number of fused-ring (bicyclic) bond motifs is 18. The summed E-state index contributed by atoms with van der Waals surface area (Å²) in [7, 11) is 0. The summed E-state index contributed by atoms with van der Waals surface area (Å²) in [5.74, 6) is 1.66. The van der Waals surface area contributed by atoms with Crippen molar-refractivity contribution in [1.82, 2.24) is 23.7 Å². The molecule has 16 rings (SSSR count). The summed E-state index contributed by atoms with van der Waals surface area (Å²) < 4.78 is 13.9. The standard InChI is InChI=1S/C65H39N5O/c1-8-25-55-45(18-1)46-19-2-9-26-56(46)68(55)42-16-15-17-43(36-42)69-59-29-12-5-22-49(59)50-34-40(32-33-60(50)69)41-35-53-63(66-38-41)64-54(65(53)51-23-6-13-30-61(51)71-62-31-14-7-24-52(62)65)37-44(39-67-64)70-57-27-10-3-20-47(57)48-21-4-11-28-58(48)70/h1-39H. The molecule has 0 saturated heterocycles. The number of ether oxygens (including phenoxy) is 1. The van der Waals surface area contributed by atoms with Crippen molar-refractivity contribution in [3.05, 3.63) is 259 Å². The van der Waals surface area contributed by atoms with E-state index < -0.39 is 5.41 Å². The van der Waals surface area contributed by atoms with Crippen molar-refractivity contribution in [3.8, 4) is 51.1 Å². The zero-order valence-electron chi connectivity index (χ0n) is 38.2. The molecule has 1 spiro atoms. The van der Waals surface area contributed by atoms with E-state index in [2.05, 4.69) is 238 Å². The van der Waals surface area contributed by atoms with Gasteiger partial charge in [0, 0.05) is 77.7 Å². The molecule has 5 aromatic heterocycles. The van der Waals surface area contributed by atoms with Gasteiger partial charge in [-0.3, -0.25) is 9.97 Å². The van der Waals surface area contributed by atoms with Gasteiger partial charge in [0.15, 0.2) is 0 Å². The van der Waals surface area contributed by atoms with Crippen LogP contribution in [0, 0.1) is 0 Å². The largest absolute Gasteiger partial charge is 0.457 e. The van der Waals surface area contributed by atoms with Crippen LogP contribution >= 0.6 is 0 Å². The molecular formula is C65H39N5O. The van der Waals surface area contributed by atoms with Crippen LogP contribution in [0.5, 0.6) is 11.5 Å². The highest BCUT2D eigenvalue weighted by atomic mass is 16.5. The zero-order chi connectivity index (χ0) is 46.4. The summed E-state index contributed by atoms with van der Waals surface area (Å²) in [6.45, 7) is 0. The lowest BCUT2D eigenvalue weighted by Crippen LogP contribution is -2.32. The highest BCUT2D eigenvalue weighted by molar-refractivity contribution is 6.12. The third-order valence-electron chi connectivity index (χ3n) is 15.4. The van der Waals surface area contributed by atoms with Gasteiger partial charge in [0.05, 0.1) is 61.8 Å². The first kappa shape index (κ1) is 38.4. The van der Waals surface area contributed by atoms with Crippen LogP contribution < -0.4 is 4.74 Å². The van der Waals surface area contributed by atoms with E-state index in [1.165, 1.54) is 43.4 Å². The van der Waals surface area contributed by atoms with Crippen LogP contribution in [0.3, 0.4) is 0 Å². The van der Waals surface area contributed by atoms with Gasteiger partial charge in [0.25, 0.3) is 0 Å². The van der Waals surface area contributed by atoms with Gasteiger partial charge >= 0.3 is 0 Å². The molecule has 330 valence electrons. The van der Waals surface area contributed by atoms with Crippen LogP contribution in [0.25, 0.3) is 105 Å². The molecule has 2 aliphatic rings. The Morgan fingerprint density at radius 2 is 0.718 bits per heavy atom. The number of nitrogens with zero attached hydrogens (tertiary/aromatic N) is 5. The molecule has 0 bridgehead atoms. The Balaban J connectivity index is 0.896. The summed E-state index contributed by atoms with van der Waals surface area (Å²) >= 11 is 0. The van der Waals surface area contributed by atoms with Crippen molar-refractivity contribution in [3.63, 3.8) is 0 Å². The lowest BCUT2D eigenvalue weighted by molar-refractivity contribution is 0.436. The van der Waals surface area contributed by atoms with Gasteiger partial charge in [-0.05, 0) is 90.5 Å². The van der Waals surface area contributed by atoms with Gasteiger partial charge in [0.2, 0.25) is 0 Å². The summed E-state index contributed by atoms with van der Waals surface area (Å²) in [6.07, 6.45) is 4.06. The fourth-order valence-electron chi connectivity index (χ4n) is 12.5. The number of rotatable bonds is 4. The van der Waals surface area contributed by atoms with Gasteiger partial charge in [-0.15, -0.1) is 0 Å². The Morgan fingerprint density at radius 3 is 1.25 bits per heavy atom. The van der Waals surface area contributed by atoms with Gasteiger partial charge in [-0.1, -0.05) is 140 Å². The molecule has 0 atom stereocenters. The number of aromatic nitrogens is 5. The van der Waals surface area contributed by atoms with E-state index in [0.717, 1.165) is 95.4 Å². The van der Waals surface area contributed by atoms with Crippen molar-refractivity contribution in [2.24, 2.45) is 0 Å². The normalized spacial score (nSPS) is 13.3. The highest BCUT2D eigenvalue weighted by Crippen LogP contribution is 2.62. The molecule has 71 heavy (non-hydrogen) atoms. The van der Waals surface area contributed by atoms with Crippen LogP contribution in [0.1, 0.15) is 22.3 Å². The van der Waals surface area contributed by atoms with Gasteiger partial charge < -0.3 is 18.4 Å². The third-order valence-corrected chi connectivity index (χ3v) is 15.4. The topological polar surface area (TPSA) is 49.8 Å². The fourth-order valence-corrected chi connectivity index (χ4v) is 12.5. The third kappa shape index (κ3) is 5.15. The molecule has 9 aromatic carbocycles. The average molecular weight is 906 g/mol. The molecule has 0 N–H and O–H groups in total. The van der Waals surface area contributed by atoms with E-state index in [1.54, 1.807) is 0 Å². The maximum absolute atomic E-state index is 6.77. The second-order valence-electron chi connectivity index (χ2n) is 18.9. The minimum atomic E-state index is -0.775. The summed E-state index contributed by atoms with van der Waals surface area (Å²) in [4.78, 5) is 10.8. The minimum Gasteiger partial charge on any atom is -0.457 e. The van der Waals surface area contributed by atoms with Crippen molar-refractivity contribution < 1.29 is 4.74 Å². The van der Waals surface area contributed by atoms with E-state index in [-0.39, 0.29) is 0 Å². The maximum atomic E-state index is 6.77. The Hall–Kier alpha value is -9.52. The number of hydrogen-bond acceptors (Lipinski definition) is 3. The lowest BCUT2D eigenvalue weighted by atomic mass is 9.66. The van der Waals surface area contributed by atoms with E-state index >= 15 is 0 Å². The van der Waals surface area contributed by atoms with Gasteiger partial charge in [0.1, 0.15) is 11.5 Å². The van der Waals surface area contributed by atoms with E-state index in [0.29, 0.717) is 0 Å². The second kappa shape index (κ2) is 14.3. The lowest BCUT2D eigenvalue weighted by Gasteiger charge is -2.39. The predicted octanol–water partition coefficient (Wildman–Crippen LogP) is 15.9. The zero-order valence-corrected chi connectivity index (χ0v) is 38.2. The highest BCUT2D eigenvalue weighted by Gasteiger charge is 2.53.